The molecule has 2 unspecified atom stereocenters. The minimum Gasteiger partial charge on any atom is -0.444 e. The molecule has 0 N–H and O–H groups in total. The first-order valence-electron chi connectivity index (χ1n) is 7.06. The number of terminal acetylenes is 1. The van der Waals surface area contributed by atoms with Gasteiger partial charge in [-0.15, -0.1) is 6.42 Å². The number of hydrogen-bond acceptors (Lipinski definition) is 2. The van der Waals surface area contributed by atoms with Gasteiger partial charge in [-0.25, -0.2) is 4.79 Å². The summed E-state index contributed by atoms with van der Waals surface area (Å²) >= 11 is 0. The number of allylic oxidation sites excluding steroid dienone is 1. The fourth-order valence-corrected chi connectivity index (χ4v) is 3.10. The van der Waals surface area contributed by atoms with Crippen LogP contribution in [-0.4, -0.2) is 28.7 Å². The average Bonchev–Trinajstić information content (AvgIpc) is 2.25. The number of carbonyl (C=O) groups excluding carboxylic acids is 1. The fraction of sp³-hybridized carbons (Fsp3) is 0.688. The molecule has 0 spiro atoms. The van der Waals surface area contributed by atoms with Gasteiger partial charge in [-0.3, -0.25) is 0 Å². The highest BCUT2D eigenvalue weighted by Gasteiger charge is 2.40. The molecular weight excluding hydrogens is 238 g/mol. The average molecular weight is 261 g/mol. The van der Waals surface area contributed by atoms with E-state index in [1.54, 1.807) is 0 Å². The van der Waals surface area contributed by atoms with Gasteiger partial charge >= 0.3 is 6.09 Å². The Hall–Kier alpha value is -1.43. The predicted octanol–water partition coefficient (Wildman–Crippen LogP) is 3.50. The molecule has 2 atom stereocenters. The number of rotatable bonds is 0. The van der Waals surface area contributed by atoms with Crippen molar-refractivity contribution in [1.82, 2.24) is 4.90 Å². The van der Waals surface area contributed by atoms with Crippen molar-refractivity contribution in [2.75, 3.05) is 0 Å². The molecule has 2 bridgehead atoms. The lowest BCUT2D eigenvalue weighted by Gasteiger charge is -2.46. The van der Waals surface area contributed by atoms with E-state index in [2.05, 4.69) is 5.92 Å². The van der Waals surface area contributed by atoms with E-state index in [1.807, 2.05) is 31.7 Å². The Morgan fingerprint density at radius 3 is 2.42 bits per heavy atom. The van der Waals surface area contributed by atoms with E-state index in [0.717, 1.165) is 25.7 Å². The van der Waals surface area contributed by atoms with E-state index in [9.17, 15) is 4.79 Å². The number of hydrogen-bond donors (Lipinski definition) is 0. The minimum absolute atomic E-state index is 0.165. The number of piperidine rings is 2. The SMILES string of the molecule is C#CC=C1CC2CCCC(C1)N2C(=O)OC(C)(C)C. The summed E-state index contributed by atoms with van der Waals surface area (Å²) in [5, 5.41) is 0. The number of fused-ring (bicyclic) bond motifs is 2. The summed E-state index contributed by atoms with van der Waals surface area (Å²) in [7, 11) is 0. The van der Waals surface area contributed by atoms with Crippen molar-refractivity contribution in [1.29, 1.82) is 0 Å². The van der Waals surface area contributed by atoms with Gasteiger partial charge in [-0.2, -0.15) is 0 Å². The zero-order chi connectivity index (χ0) is 14.0. The molecule has 19 heavy (non-hydrogen) atoms. The van der Waals surface area contributed by atoms with Crippen molar-refractivity contribution in [3.8, 4) is 12.3 Å². The fourth-order valence-electron chi connectivity index (χ4n) is 3.10. The molecule has 0 aliphatic carbocycles. The molecule has 0 aromatic heterocycles. The molecule has 104 valence electrons. The van der Waals surface area contributed by atoms with Gasteiger partial charge in [0.05, 0.1) is 0 Å². The van der Waals surface area contributed by atoms with Crippen molar-refractivity contribution in [2.24, 2.45) is 0 Å². The van der Waals surface area contributed by atoms with Crippen molar-refractivity contribution in [3.05, 3.63) is 11.6 Å². The molecule has 1 amide bonds. The van der Waals surface area contributed by atoms with Crippen molar-refractivity contribution < 1.29 is 9.53 Å². The van der Waals surface area contributed by atoms with Gasteiger partial charge in [0.25, 0.3) is 0 Å². The van der Waals surface area contributed by atoms with Crippen molar-refractivity contribution >= 4 is 6.09 Å². The summed E-state index contributed by atoms with van der Waals surface area (Å²) in [6.45, 7) is 5.73. The highest BCUT2D eigenvalue weighted by Crippen LogP contribution is 2.37. The molecule has 0 aromatic rings. The summed E-state index contributed by atoms with van der Waals surface area (Å²) < 4.78 is 5.54. The molecule has 2 aliphatic rings. The van der Waals surface area contributed by atoms with Crippen LogP contribution in [-0.2, 0) is 4.74 Å². The first-order chi connectivity index (χ1) is 8.90. The maximum absolute atomic E-state index is 12.3. The second-order valence-electron chi connectivity index (χ2n) is 6.50. The van der Waals surface area contributed by atoms with Crippen molar-refractivity contribution in [2.45, 2.75) is 70.6 Å². The third kappa shape index (κ3) is 3.32. The summed E-state index contributed by atoms with van der Waals surface area (Å²) in [5.41, 5.74) is 0.873. The van der Waals surface area contributed by atoms with Crippen LogP contribution in [0.5, 0.6) is 0 Å². The number of carbonyl (C=O) groups is 1. The lowest BCUT2D eigenvalue weighted by molar-refractivity contribution is -0.0113. The van der Waals surface area contributed by atoms with Gasteiger partial charge in [0.15, 0.2) is 0 Å². The molecule has 3 heteroatoms. The third-order valence-corrected chi connectivity index (χ3v) is 3.75. The topological polar surface area (TPSA) is 29.5 Å². The summed E-state index contributed by atoms with van der Waals surface area (Å²) in [5.74, 6) is 2.61. The smallest absolute Gasteiger partial charge is 0.410 e. The van der Waals surface area contributed by atoms with Gasteiger partial charge in [0, 0.05) is 12.1 Å². The molecule has 2 heterocycles. The van der Waals surface area contributed by atoms with E-state index in [1.165, 1.54) is 12.0 Å². The first kappa shape index (κ1) is 14.0. The molecule has 2 saturated heterocycles. The maximum atomic E-state index is 12.3. The van der Waals surface area contributed by atoms with Crippen LogP contribution in [0.1, 0.15) is 52.9 Å². The molecule has 2 fully saturated rings. The van der Waals surface area contributed by atoms with E-state index >= 15 is 0 Å². The monoisotopic (exact) mass is 261 g/mol. The quantitative estimate of drug-likeness (QED) is 0.625. The molecular formula is C16H23NO2. The Balaban J connectivity index is 2.12. The Labute approximate surface area is 116 Å². The van der Waals surface area contributed by atoms with E-state index in [4.69, 9.17) is 11.2 Å². The van der Waals surface area contributed by atoms with Crippen LogP contribution >= 0.6 is 0 Å². The highest BCUT2D eigenvalue weighted by molar-refractivity contribution is 5.69. The molecule has 3 nitrogen and oxygen atoms in total. The summed E-state index contributed by atoms with van der Waals surface area (Å²) in [6, 6.07) is 0.531. The van der Waals surface area contributed by atoms with Crippen LogP contribution in [0.15, 0.2) is 11.6 Å². The van der Waals surface area contributed by atoms with E-state index < -0.39 is 5.60 Å². The van der Waals surface area contributed by atoms with Crippen LogP contribution in [0.25, 0.3) is 0 Å². The number of nitrogens with zero attached hydrogens (tertiary/aromatic N) is 1. The normalized spacial score (nSPS) is 26.6. The molecule has 0 aromatic carbocycles. The van der Waals surface area contributed by atoms with Gasteiger partial charge < -0.3 is 9.64 Å². The molecule has 2 aliphatic heterocycles. The van der Waals surface area contributed by atoms with Crippen LogP contribution in [0.2, 0.25) is 0 Å². The Morgan fingerprint density at radius 2 is 1.95 bits per heavy atom. The lowest BCUT2D eigenvalue weighted by Crippen LogP contribution is -2.54. The maximum Gasteiger partial charge on any atom is 0.410 e. The van der Waals surface area contributed by atoms with E-state index in [0.29, 0.717) is 0 Å². The van der Waals surface area contributed by atoms with Crippen LogP contribution < -0.4 is 0 Å². The molecule has 0 saturated carbocycles. The first-order valence-corrected chi connectivity index (χ1v) is 7.06. The number of amides is 1. The standard InChI is InChI=1S/C16H23NO2/c1-5-7-12-10-13-8-6-9-14(11-12)17(13)15(18)19-16(2,3)4/h1,7,13-14H,6,8-11H2,2-4H3. The van der Waals surface area contributed by atoms with Crippen molar-refractivity contribution in [3.63, 3.8) is 0 Å². The van der Waals surface area contributed by atoms with Gasteiger partial charge in [-0.05, 0) is 59.0 Å². The minimum atomic E-state index is -0.430. The zero-order valence-electron chi connectivity index (χ0n) is 12.1. The third-order valence-electron chi connectivity index (χ3n) is 3.75. The van der Waals surface area contributed by atoms with Gasteiger partial charge in [0.1, 0.15) is 5.60 Å². The van der Waals surface area contributed by atoms with Crippen LogP contribution in [0.3, 0.4) is 0 Å². The Bertz CT molecular complexity index is 409. The second-order valence-corrected chi connectivity index (χ2v) is 6.50. The van der Waals surface area contributed by atoms with E-state index in [-0.39, 0.29) is 18.2 Å². The summed E-state index contributed by atoms with van der Waals surface area (Å²) in [6.07, 6.45) is 12.2. The lowest BCUT2D eigenvalue weighted by atomic mass is 9.82. The van der Waals surface area contributed by atoms with Crippen LogP contribution in [0, 0.1) is 12.3 Å². The number of ether oxygens (including phenoxy) is 1. The molecule has 2 rings (SSSR count). The Morgan fingerprint density at radius 1 is 1.37 bits per heavy atom. The van der Waals surface area contributed by atoms with Crippen LogP contribution in [0.4, 0.5) is 4.79 Å². The van der Waals surface area contributed by atoms with Gasteiger partial charge in [0.2, 0.25) is 0 Å². The summed E-state index contributed by atoms with van der Waals surface area (Å²) in [4.78, 5) is 14.3. The second kappa shape index (κ2) is 5.28. The van der Waals surface area contributed by atoms with Gasteiger partial charge in [-0.1, -0.05) is 11.5 Å². The largest absolute Gasteiger partial charge is 0.444 e. The molecule has 0 radical (unpaired) electrons. The highest BCUT2D eigenvalue weighted by atomic mass is 16.6. The Kier molecular flexibility index (Phi) is 3.89. The zero-order valence-corrected chi connectivity index (χ0v) is 12.1. The predicted molar refractivity (Wildman–Crippen MR) is 75.7 cm³/mol.